The Hall–Kier alpha value is -1.24. The lowest BCUT2D eigenvalue weighted by atomic mass is 10.3. The van der Waals surface area contributed by atoms with Crippen molar-refractivity contribution in [3.63, 3.8) is 0 Å². The molecular formula is C8H12N4O2. The molecule has 0 atom stereocenters. The summed E-state index contributed by atoms with van der Waals surface area (Å²) in [7, 11) is 0. The quantitative estimate of drug-likeness (QED) is 0.507. The molecular weight excluding hydrogens is 184 g/mol. The van der Waals surface area contributed by atoms with Crippen molar-refractivity contribution in [3.8, 4) is 0 Å². The van der Waals surface area contributed by atoms with Gasteiger partial charge in [-0.15, -0.1) is 0 Å². The largest absolute Gasteiger partial charge is 0.376 e. The normalized spacial score (nSPS) is 16.4. The van der Waals surface area contributed by atoms with Crippen LogP contribution in [0.25, 0.3) is 0 Å². The number of aromatic nitrogens is 2. The van der Waals surface area contributed by atoms with Crippen LogP contribution in [0.15, 0.2) is 12.4 Å². The third kappa shape index (κ3) is 2.16. The van der Waals surface area contributed by atoms with E-state index in [-0.39, 0.29) is 6.10 Å². The van der Waals surface area contributed by atoms with Crippen molar-refractivity contribution in [2.45, 2.75) is 12.7 Å². The Bertz CT molecular complexity index is 286. The molecule has 1 fully saturated rings. The monoisotopic (exact) mass is 196 g/mol. The maximum Gasteiger partial charge on any atom is 0.158 e. The third-order valence-electron chi connectivity index (χ3n) is 1.93. The highest BCUT2D eigenvalue weighted by Crippen LogP contribution is 2.08. The van der Waals surface area contributed by atoms with Gasteiger partial charge in [0.05, 0.1) is 37.9 Å². The molecule has 0 radical (unpaired) electrons. The number of hydrogen-bond donors (Lipinski definition) is 2. The van der Waals surface area contributed by atoms with E-state index in [1.807, 2.05) is 0 Å². The molecule has 0 unspecified atom stereocenters. The Balaban J connectivity index is 1.83. The molecule has 6 nitrogen and oxygen atoms in total. The van der Waals surface area contributed by atoms with E-state index in [0.29, 0.717) is 25.6 Å². The topological polar surface area (TPSA) is 82.3 Å². The Morgan fingerprint density at radius 1 is 1.50 bits per heavy atom. The van der Waals surface area contributed by atoms with Gasteiger partial charge in [0.25, 0.3) is 0 Å². The number of ether oxygens (including phenoxy) is 2. The van der Waals surface area contributed by atoms with E-state index >= 15 is 0 Å². The third-order valence-corrected chi connectivity index (χ3v) is 1.93. The second-order valence-electron chi connectivity index (χ2n) is 3.01. The van der Waals surface area contributed by atoms with Crippen LogP contribution in [-0.2, 0) is 16.1 Å². The van der Waals surface area contributed by atoms with Crippen molar-refractivity contribution in [2.24, 2.45) is 5.84 Å². The van der Waals surface area contributed by atoms with Gasteiger partial charge in [0.2, 0.25) is 0 Å². The minimum Gasteiger partial charge on any atom is -0.376 e. The molecule has 0 spiro atoms. The van der Waals surface area contributed by atoms with E-state index in [9.17, 15) is 0 Å². The lowest BCUT2D eigenvalue weighted by Crippen LogP contribution is -2.35. The molecule has 1 aliphatic heterocycles. The molecule has 0 bridgehead atoms. The summed E-state index contributed by atoms with van der Waals surface area (Å²) in [5.41, 5.74) is 3.19. The molecule has 3 N–H and O–H groups in total. The average Bonchev–Trinajstić information content (AvgIpc) is 2.16. The lowest BCUT2D eigenvalue weighted by molar-refractivity contribution is -0.135. The van der Waals surface area contributed by atoms with E-state index in [0.717, 1.165) is 5.69 Å². The van der Waals surface area contributed by atoms with Crippen molar-refractivity contribution in [3.05, 3.63) is 18.1 Å². The van der Waals surface area contributed by atoms with Crippen molar-refractivity contribution >= 4 is 5.82 Å². The maximum absolute atomic E-state index is 5.46. The molecule has 6 heteroatoms. The fourth-order valence-electron chi connectivity index (χ4n) is 1.02. The zero-order chi connectivity index (χ0) is 9.80. The molecule has 76 valence electrons. The number of nitrogens with one attached hydrogen (secondary N) is 1. The molecule has 1 aliphatic rings. The van der Waals surface area contributed by atoms with Crippen molar-refractivity contribution in [2.75, 3.05) is 18.6 Å². The van der Waals surface area contributed by atoms with Gasteiger partial charge in [-0.25, -0.2) is 10.8 Å². The van der Waals surface area contributed by atoms with Gasteiger partial charge in [-0.3, -0.25) is 4.98 Å². The van der Waals surface area contributed by atoms with Gasteiger partial charge < -0.3 is 14.9 Å². The standard InChI is InChI=1S/C8H12N4O2/c9-12-8-2-10-6(1-11-8)3-14-7-4-13-5-7/h1-2,7H,3-5,9H2,(H,11,12). The second-order valence-corrected chi connectivity index (χ2v) is 3.01. The van der Waals surface area contributed by atoms with Crippen LogP contribution in [0, 0.1) is 0 Å². The minimum atomic E-state index is 0.212. The van der Waals surface area contributed by atoms with Gasteiger partial charge in [-0.2, -0.15) is 0 Å². The number of nitrogen functional groups attached to an aromatic ring is 1. The van der Waals surface area contributed by atoms with E-state index in [1.54, 1.807) is 12.4 Å². The first-order valence-electron chi connectivity index (χ1n) is 4.35. The van der Waals surface area contributed by atoms with Crippen molar-refractivity contribution in [1.82, 2.24) is 9.97 Å². The minimum absolute atomic E-state index is 0.212. The number of nitrogens with zero attached hydrogens (tertiary/aromatic N) is 2. The van der Waals surface area contributed by atoms with Crippen LogP contribution in [0.3, 0.4) is 0 Å². The average molecular weight is 196 g/mol. The van der Waals surface area contributed by atoms with Crippen LogP contribution in [0.1, 0.15) is 5.69 Å². The molecule has 1 aromatic heterocycles. The van der Waals surface area contributed by atoms with E-state index in [1.165, 1.54) is 0 Å². The van der Waals surface area contributed by atoms with Crippen LogP contribution in [0.4, 0.5) is 5.82 Å². The maximum atomic E-state index is 5.46. The number of anilines is 1. The first kappa shape index (κ1) is 9.32. The van der Waals surface area contributed by atoms with Crippen LogP contribution in [0.2, 0.25) is 0 Å². The van der Waals surface area contributed by atoms with Gasteiger partial charge in [0.1, 0.15) is 6.10 Å². The second kappa shape index (κ2) is 4.32. The van der Waals surface area contributed by atoms with Crippen LogP contribution in [-0.4, -0.2) is 29.3 Å². The van der Waals surface area contributed by atoms with Gasteiger partial charge in [0.15, 0.2) is 5.82 Å². The molecule has 0 aliphatic carbocycles. The van der Waals surface area contributed by atoms with E-state index in [4.69, 9.17) is 15.3 Å². The van der Waals surface area contributed by atoms with Gasteiger partial charge >= 0.3 is 0 Å². The van der Waals surface area contributed by atoms with Crippen molar-refractivity contribution < 1.29 is 9.47 Å². The molecule has 0 saturated carbocycles. The van der Waals surface area contributed by atoms with E-state index in [2.05, 4.69) is 15.4 Å². The molecule has 2 rings (SSSR count). The Morgan fingerprint density at radius 2 is 2.36 bits per heavy atom. The molecule has 0 amide bonds. The highest BCUT2D eigenvalue weighted by atomic mass is 16.6. The highest BCUT2D eigenvalue weighted by molar-refractivity contribution is 5.28. The van der Waals surface area contributed by atoms with Gasteiger partial charge in [0, 0.05) is 0 Å². The predicted molar refractivity (Wildman–Crippen MR) is 49.2 cm³/mol. The molecule has 2 heterocycles. The van der Waals surface area contributed by atoms with Gasteiger partial charge in [-0.05, 0) is 0 Å². The summed E-state index contributed by atoms with van der Waals surface area (Å²) in [6.45, 7) is 1.82. The lowest BCUT2D eigenvalue weighted by Gasteiger charge is -2.25. The summed E-state index contributed by atoms with van der Waals surface area (Å²) in [5, 5.41) is 0. The summed E-state index contributed by atoms with van der Waals surface area (Å²) in [5.74, 6) is 5.69. The zero-order valence-electron chi connectivity index (χ0n) is 7.64. The fourth-order valence-corrected chi connectivity index (χ4v) is 1.02. The summed E-state index contributed by atoms with van der Waals surface area (Å²) in [6, 6.07) is 0. The number of hydrazine groups is 1. The van der Waals surface area contributed by atoms with E-state index < -0.39 is 0 Å². The Kier molecular flexibility index (Phi) is 2.87. The first-order chi connectivity index (χ1) is 6.88. The molecule has 0 aromatic carbocycles. The predicted octanol–water partition coefficient (Wildman–Crippen LogP) is -0.322. The number of rotatable bonds is 4. The zero-order valence-corrected chi connectivity index (χ0v) is 7.64. The van der Waals surface area contributed by atoms with Gasteiger partial charge in [-0.1, -0.05) is 0 Å². The first-order valence-corrected chi connectivity index (χ1v) is 4.35. The molecule has 1 aromatic rings. The Labute approximate surface area is 81.4 Å². The van der Waals surface area contributed by atoms with Crippen LogP contribution in [0.5, 0.6) is 0 Å². The smallest absolute Gasteiger partial charge is 0.158 e. The summed E-state index contributed by atoms with van der Waals surface area (Å²) >= 11 is 0. The number of hydrogen-bond acceptors (Lipinski definition) is 6. The molecule has 14 heavy (non-hydrogen) atoms. The van der Waals surface area contributed by atoms with Crippen molar-refractivity contribution in [1.29, 1.82) is 0 Å². The Morgan fingerprint density at radius 3 is 2.86 bits per heavy atom. The number of nitrogens with two attached hydrogens (primary N) is 1. The summed E-state index contributed by atoms with van der Waals surface area (Å²) in [6.07, 6.45) is 3.41. The highest BCUT2D eigenvalue weighted by Gasteiger charge is 2.18. The molecule has 1 saturated heterocycles. The van der Waals surface area contributed by atoms with Crippen LogP contribution >= 0.6 is 0 Å². The SMILES string of the molecule is NNc1cnc(COC2COC2)cn1. The fraction of sp³-hybridized carbons (Fsp3) is 0.500. The summed E-state index contributed by atoms with van der Waals surface area (Å²) in [4.78, 5) is 8.12. The van der Waals surface area contributed by atoms with Crippen LogP contribution < -0.4 is 11.3 Å². The summed E-state index contributed by atoms with van der Waals surface area (Å²) < 4.78 is 10.4.